The summed E-state index contributed by atoms with van der Waals surface area (Å²) in [4.78, 5) is 2.34. The van der Waals surface area contributed by atoms with Crippen molar-refractivity contribution in [1.82, 2.24) is 4.90 Å². The molecule has 1 N–H and O–H groups in total. The zero-order valence-corrected chi connectivity index (χ0v) is 10.4. The van der Waals surface area contributed by atoms with Crippen molar-refractivity contribution >= 4 is 15.9 Å². The van der Waals surface area contributed by atoms with Crippen molar-refractivity contribution < 1.29 is 5.11 Å². The monoisotopic (exact) mass is 251 g/mol. The number of unbranched alkanes of at least 4 members (excludes halogenated alkanes) is 1. The highest BCUT2D eigenvalue weighted by molar-refractivity contribution is 9.09. The summed E-state index contributed by atoms with van der Waals surface area (Å²) >= 11 is 3.47. The molecule has 0 fully saturated rings. The average Bonchev–Trinajstić information content (AvgIpc) is 2.14. The van der Waals surface area contributed by atoms with Gasteiger partial charge in [0, 0.05) is 18.4 Å². The van der Waals surface area contributed by atoms with Crippen molar-refractivity contribution in [1.29, 1.82) is 0 Å². The zero-order chi connectivity index (χ0) is 10.1. The summed E-state index contributed by atoms with van der Waals surface area (Å²) in [5, 5.41) is 9.91. The topological polar surface area (TPSA) is 23.5 Å². The molecule has 13 heavy (non-hydrogen) atoms. The van der Waals surface area contributed by atoms with E-state index in [2.05, 4.69) is 34.7 Å². The van der Waals surface area contributed by atoms with Crippen LogP contribution in [0.4, 0.5) is 0 Å². The molecule has 0 aromatic carbocycles. The lowest BCUT2D eigenvalue weighted by Gasteiger charge is -2.23. The van der Waals surface area contributed by atoms with Gasteiger partial charge in [0.1, 0.15) is 0 Å². The highest BCUT2D eigenvalue weighted by atomic mass is 79.9. The van der Waals surface area contributed by atoms with Crippen molar-refractivity contribution in [3.63, 3.8) is 0 Å². The number of hydrogen-bond donors (Lipinski definition) is 1. The first-order valence-electron chi connectivity index (χ1n) is 5.13. The molecule has 0 spiro atoms. The predicted molar refractivity (Wildman–Crippen MR) is 61.4 cm³/mol. The van der Waals surface area contributed by atoms with Gasteiger partial charge in [-0.1, -0.05) is 36.2 Å². The van der Waals surface area contributed by atoms with Crippen LogP contribution in [0.15, 0.2) is 0 Å². The summed E-state index contributed by atoms with van der Waals surface area (Å²) in [6.07, 6.45) is 2.46. The smallest absolute Gasteiger partial charge is 0.0558 e. The molecular formula is C10H22BrNO. The normalized spacial score (nSPS) is 13.6. The molecule has 0 aliphatic carbocycles. The maximum Gasteiger partial charge on any atom is 0.0558 e. The molecule has 0 rings (SSSR count). The summed E-state index contributed by atoms with van der Waals surface area (Å²) < 4.78 is 0. The standard InChI is InChI=1S/C10H22BrNO/c1-3-4-5-12(6-7-13)9-10(2)8-11/h10,13H,3-9H2,1-2H3. The molecule has 0 saturated carbocycles. The van der Waals surface area contributed by atoms with E-state index in [1.165, 1.54) is 12.8 Å². The Bertz CT molecular complexity index is 111. The van der Waals surface area contributed by atoms with E-state index in [1.54, 1.807) is 0 Å². The molecule has 0 heterocycles. The molecular weight excluding hydrogens is 230 g/mol. The van der Waals surface area contributed by atoms with Crippen LogP contribution in [0, 0.1) is 5.92 Å². The lowest BCUT2D eigenvalue weighted by Crippen LogP contribution is -2.32. The third-order valence-electron chi connectivity index (χ3n) is 2.08. The van der Waals surface area contributed by atoms with Gasteiger partial charge in [-0.15, -0.1) is 0 Å². The lowest BCUT2D eigenvalue weighted by atomic mass is 10.2. The van der Waals surface area contributed by atoms with E-state index >= 15 is 0 Å². The summed E-state index contributed by atoms with van der Waals surface area (Å²) in [5.41, 5.74) is 0. The van der Waals surface area contributed by atoms with Crippen LogP contribution in [0.2, 0.25) is 0 Å². The van der Waals surface area contributed by atoms with Crippen molar-refractivity contribution in [2.75, 3.05) is 31.6 Å². The molecule has 1 unspecified atom stereocenters. The largest absolute Gasteiger partial charge is 0.395 e. The van der Waals surface area contributed by atoms with Gasteiger partial charge in [-0.05, 0) is 18.9 Å². The second-order valence-electron chi connectivity index (χ2n) is 3.64. The van der Waals surface area contributed by atoms with Gasteiger partial charge in [-0.3, -0.25) is 0 Å². The number of nitrogens with zero attached hydrogens (tertiary/aromatic N) is 1. The summed E-state index contributed by atoms with van der Waals surface area (Å²) in [5.74, 6) is 0.670. The minimum Gasteiger partial charge on any atom is -0.395 e. The number of rotatable bonds is 8. The Balaban J connectivity index is 3.65. The van der Waals surface area contributed by atoms with E-state index in [-0.39, 0.29) is 6.61 Å². The molecule has 0 aliphatic heterocycles. The number of alkyl halides is 1. The minimum atomic E-state index is 0.277. The molecule has 0 aliphatic rings. The zero-order valence-electron chi connectivity index (χ0n) is 8.80. The van der Waals surface area contributed by atoms with Crippen LogP contribution in [0.25, 0.3) is 0 Å². The fourth-order valence-corrected chi connectivity index (χ4v) is 1.51. The van der Waals surface area contributed by atoms with E-state index in [9.17, 15) is 0 Å². The molecule has 0 radical (unpaired) electrons. The fourth-order valence-electron chi connectivity index (χ4n) is 1.31. The van der Waals surface area contributed by atoms with Crippen molar-refractivity contribution in [2.24, 2.45) is 5.92 Å². The molecule has 0 bridgehead atoms. The summed E-state index contributed by atoms with van der Waals surface area (Å²) in [6.45, 7) is 7.73. The van der Waals surface area contributed by atoms with Crippen LogP contribution in [0.3, 0.4) is 0 Å². The van der Waals surface area contributed by atoms with Crippen LogP contribution >= 0.6 is 15.9 Å². The Morgan fingerprint density at radius 1 is 1.38 bits per heavy atom. The first-order valence-corrected chi connectivity index (χ1v) is 6.25. The highest BCUT2D eigenvalue weighted by Crippen LogP contribution is 2.04. The Hall–Kier alpha value is 0.400. The second-order valence-corrected chi connectivity index (χ2v) is 4.28. The van der Waals surface area contributed by atoms with Gasteiger partial charge in [-0.2, -0.15) is 0 Å². The fraction of sp³-hybridized carbons (Fsp3) is 1.00. The third kappa shape index (κ3) is 7.47. The molecule has 0 aromatic heterocycles. The Morgan fingerprint density at radius 3 is 2.54 bits per heavy atom. The number of hydrogen-bond acceptors (Lipinski definition) is 2. The van der Waals surface area contributed by atoms with Gasteiger partial charge in [0.25, 0.3) is 0 Å². The van der Waals surface area contributed by atoms with Gasteiger partial charge in [0.15, 0.2) is 0 Å². The molecule has 0 saturated heterocycles. The van der Waals surface area contributed by atoms with Crippen LogP contribution in [-0.2, 0) is 0 Å². The van der Waals surface area contributed by atoms with Gasteiger partial charge >= 0.3 is 0 Å². The molecule has 0 aromatic rings. The van der Waals surface area contributed by atoms with Gasteiger partial charge in [-0.25, -0.2) is 0 Å². The molecule has 2 nitrogen and oxygen atoms in total. The number of aliphatic hydroxyl groups is 1. The van der Waals surface area contributed by atoms with Crippen molar-refractivity contribution in [2.45, 2.75) is 26.7 Å². The van der Waals surface area contributed by atoms with E-state index in [0.29, 0.717) is 5.92 Å². The molecule has 0 amide bonds. The highest BCUT2D eigenvalue weighted by Gasteiger charge is 2.07. The SMILES string of the molecule is CCCCN(CCO)CC(C)CBr. The minimum absolute atomic E-state index is 0.277. The predicted octanol–water partition coefficient (Wildman–Crippen LogP) is 2.11. The van der Waals surface area contributed by atoms with E-state index < -0.39 is 0 Å². The van der Waals surface area contributed by atoms with E-state index in [1.807, 2.05) is 0 Å². The van der Waals surface area contributed by atoms with Crippen LogP contribution in [-0.4, -0.2) is 41.6 Å². The van der Waals surface area contributed by atoms with Gasteiger partial charge < -0.3 is 10.0 Å². The summed E-state index contributed by atoms with van der Waals surface area (Å²) in [6, 6.07) is 0. The summed E-state index contributed by atoms with van der Waals surface area (Å²) in [7, 11) is 0. The second kappa shape index (κ2) is 8.97. The Kier molecular flexibility index (Phi) is 9.25. The molecule has 3 heteroatoms. The van der Waals surface area contributed by atoms with E-state index in [4.69, 9.17) is 5.11 Å². The maximum atomic E-state index is 8.87. The lowest BCUT2D eigenvalue weighted by molar-refractivity contribution is 0.181. The van der Waals surface area contributed by atoms with Crippen LogP contribution in [0.1, 0.15) is 26.7 Å². The molecule has 80 valence electrons. The van der Waals surface area contributed by atoms with Crippen molar-refractivity contribution in [3.8, 4) is 0 Å². The average molecular weight is 252 g/mol. The van der Waals surface area contributed by atoms with Crippen LogP contribution < -0.4 is 0 Å². The Morgan fingerprint density at radius 2 is 2.08 bits per heavy atom. The first kappa shape index (κ1) is 13.4. The van der Waals surface area contributed by atoms with Crippen LogP contribution in [0.5, 0.6) is 0 Å². The van der Waals surface area contributed by atoms with Gasteiger partial charge in [0.05, 0.1) is 6.61 Å². The third-order valence-corrected chi connectivity index (χ3v) is 3.18. The van der Waals surface area contributed by atoms with E-state index in [0.717, 1.165) is 25.0 Å². The first-order chi connectivity index (χ1) is 6.24. The number of halogens is 1. The van der Waals surface area contributed by atoms with Crippen molar-refractivity contribution in [3.05, 3.63) is 0 Å². The quantitative estimate of drug-likeness (QED) is 0.669. The Labute approximate surface area is 90.4 Å². The van der Waals surface area contributed by atoms with Gasteiger partial charge in [0.2, 0.25) is 0 Å². The number of aliphatic hydroxyl groups excluding tert-OH is 1. The molecule has 1 atom stereocenters. The maximum absolute atomic E-state index is 8.87.